The Morgan fingerprint density at radius 3 is 2.08 bits per heavy atom. The van der Waals surface area contributed by atoms with Crippen molar-refractivity contribution in [2.24, 2.45) is 0 Å². The Kier molecular flexibility index (Phi) is 7.36. The number of carbonyl (C=O) groups excluding carboxylic acids is 2. The van der Waals surface area contributed by atoms with E-state index in [4.69, 9.17) is 0 Å². The van der Waals surface area contributed by atoms with Crippen LogP contribution in [0.2, 0.25) is 0 Å². The summed E-state index contributed by atoms with van der Waals surface area (Å²) >= 11 is 1.07. The number of amides is 1. The zero-order valence-electron chi connectivity index (χ0n) is 20.8. The number of carbonyl (C=O) groups is 2. The Labute approximate surface area is 230 Å². The highest BCUT2D eigenvalue weighted by molar-refractivity contribution is 7.92. The SMILES string of the molecule is Cc1ccc(S(=O)(=O)Nc2ccccc2C(=O)Nc2nc(-c3ccccc3)c(C(=O)c3ccccc3)s2)cc1. The number of aromatic nitrogens is 1. The number of anilines is 2. The monoisotopic (exact) mass is 553 g/mol. The number of rotatable bonds is 8. The molecule has 0 fully saturated rings. The van der Waals surface area contributed by atoms with Crippen LogP contribution in [0.15, 0.2) is 114 Å². The molecule has 0 aliphatic carbocycles. The number of nitrogens with one attached hydrogen (secondary N) is 2. The maximum Gasteiger partial charge on any atom is 0.261 e. The van der Waals surface area contributed by atoms with Crippen molar-refractivity contribution in [1.82, 2.24) is 4.98 Å². The Balaban J connectivity index is 1.46. The van der Waals surface area contributed by atoms with Gasteiger partial charge in [-0.3, -0.25) is 19.6 Å². The molecule has 0 unspecified atom stereocenters. The van der Waals surface area contributed by atoms with Gasteiger partial charge in [0.2, 0.25) is 5.78 Å². The summed E-state index contributed by atoms with van der Waals surface area (Å²) in [5.41, 5.74) is 2.86. The number of nitrogens with zero attached hydrogens (tertiary/aromatic N) is 1. The van der Waals surface area contributed by atoms with E-state index >= 15 is 0 Å². The molecule has 4 aromatic carbocycles. The maximum atomic E-state index is 13.4. The second-order valence-electron chi connectivity index (χ2n) is 8.68. The molecule has 2 N–H and O–H groups in total. The number of ketones is 1. The summed E-state index contributed by atoms with van der Waals surface area (Å²) < 4.78 is 28.5. The Morgan fingerprint density at radius 1 is 0.769 bits per heavy atom. The molecule has 0 saturated heterocycles. The molecule has 0 atom stereocenters. The van der Waals surface area contributed by atoms with E-state index < -0.39 is 15.9 Å². The van der Waals surface area contributed by atoms with Gasteiger partial charge in [-0.1, -0.05) is 102 Å². The van der Waals surface area contributed by atoms with Gasteiger partial charge < -0.3 is 0 Å². The standard InChI is InChI=1S/C30H23N3O4S2/c1-20-16-18-23(19-17-20)39(36,37)33-25-15-9-8-14-24(25)29(35)32-30-31-26(21-10-4-2-5-11-21)28(38-30)27(34)22-12-6-3-7-13-22/h2-19,33H,1H3,(H,31,32,35). The van der Waals surface area contributed by atoms with Gasteiger partial charge in [-0.25, -0.2) is 13.4 Å². The van der Waals surface area contributed by atoms with Crippen LogP contribution in [0.3, 0.4) is 0 Å². The molecule has 5 aromatic rings. The van der Waals surface area contributed by atoms with E-state index in [0.717, 1.165) is 22.5 Å². The van der Waals surface area contributed by atoms with Gasteiger partial charge in [-0.15, -0.1) is 0 Å². The fourth-order valence-electron chi connectivity index (χ4n) is 3.90. The van der Waals surface area contributed by atoms with Crippen molar-refractivity contribution >= 4 is 43.9 Å². The highest BCUT2D eigenvalue weighted by Gasteiger charge is 2.23. The van der Waals surface area contributed by atoms with E-state index in [1.165, 1.54) is 24.3 Å². The molecule has 0 spiro atoms. The maximum absolute atomic E-state index is 13.4. The van der Waals surface area contributed by atoms with Crippen molar-refractivity contribution < 1.29 is 18.0 Å². The summed E-state index contributed by atoms with van der Waals surface area (Å²) in [6, 6.07) is 30.8. The molecule has 194 valence electrons. The van der Waals surface area contributed by atoms with Gasteiger partial charge in [0.05, 0.1) is 21.8 Å². The van der Waals surface area contributed by atoms with Crippen molar-refractivity contribution in [3.8, 4) is 11.3 Å². The van der Waals surface area contributed by atoms with Gasteiger partial charge in [0, 0.05) is 11.1 Å². The molecule has 0 saturated carbocycles. The third kappa shape index (κ3) is 5.79. The molecule has 1 aromatic heterocycles. The van der Waals surface area contributed by atoms with Crippen LogP contribution in [0.5, 0.6) is 0 Å². The lowest BCUT2D eigenvalue weighted by atomic mass is 10.1. The Morgan fingerprint density at radius 2 is 1.38 bits per heavy atom. The average Bonchev–Trinajstić information content (AvgIpc) is 3.37. The predicted molar refractivity (Wildman–Crippen MR) is 154 cm³/mol. The first-order chi connectivity index (χ1) is 18.8. The molecule has 9 heteroatoms. The van der Waals surface area contributed by atoms with Crippen molar-refractivity contribution in [1.29, 1.82) is 0 Å². The summed E-state index contributed by atoms with van der Waals surface area (Å²) in [6.45, 7) is 1.87. The van der Waals surface area contributed by atoms with Crippen LogP contribution in [-0.4, -0.2) is 25.1 Å². The van der Waals surface area contributed by atoms with E-state index in [0.29, 0.717) is 16.1 Å². The fourth-order valence-corrected chi connectivity index (χ4v) is 5.92. The van der Waals surface area contributed by atoms with E-state index in [1.807, 2.05) is 43.3 Å². The van der Waals surface area contributed by atoms with Crippen molar-refractivity contribution in [3.63, 3.8) is 0 Å². The number of sulfonamides is 1. The molecule has 0 radical (unpaired) electrons. The summed E-state index contributed by atoms with van der Waals surface area (Å²) in [5, 5.41) is 2.97. The van der Waals surface area contributed by atoms with E-state index in [1.54, 1.807) is 48.5 Å². The predicted octanol–water partition coefficient (Wildman–Crippen LogP) is 6.40. The van der Waals surface area contributed by atoms with E-state index in [2.05, 4.69) is 15.0 Å². The van der Waals surface area contributed by atoms with Gasteiger partial charge in [-0.05, 0) is 31.2 Å². The number of hydrogen-bond donors (Lipinski definition) is 2. The van der Waals surface area contributed by atoms with Crippen molar-refractivity contribution in [3.05, 3.63) is 131 Å². The minimum Gasteiger partial charge on any atom is -0.298 e. The smallest absolute Gasteiger partial charge is 0.261 e. The molecule has 5 rings (SSSR count). The molecule has 0 aliphatic heterocycles. The van der Waals surface area contributed by atoms with Crippen LogP contribution in [0.1, 0.15) is 31.2 Å². The van der Waals surface area contributed by atoms with Gasteiger partial charge in [0.25, 0.3) is 15.9 Å². The number of thiazole rings is 1. The lowest BCUT2D eigenvalue weighted by molar-refractivity contribution is 0.102. The Hall–Kier alpha value is -4.60. The summed E-state index contributed by atoms with van der Waals surface area (Å²) in [6.07, 6.45) is 0. The number of benzene rings is 4. The van der Waals surface area contributed by atoms with Crippen LogP contribution in [-0.2, 0) is 10.0 Å². The summed E-state index contributed by atoms with van der Waals surface area (Å²) in [7, 11) is -3.93. The largest absolute Gasteiger partial charge is 0.298 e. The second-order valence-corrected chi connectivity index (χ2v) is 11.4. The summed E-state index contributed by atoms with van der Waals surface area (Å²) in [5.74, 6) is -0.775. The topological polar surface area (TPSA) is 105 Å². The quantitative estimate of drug-likeness (QED) is 0.216. The lowest BCUT2D eigenvalue weighted by Crippen LogP contribution is -2.18. The van der Waals surface area contributed by atoms with Crippen LogP contribution in [0, 0.1) is 6.92 Å². The molecule has 7 nitrogen and oxygen atoms in total. The van der Waals surface area contributed by atoms with Crippen molar-refractivity contribution in [2.45, 2.75) is 11.8 Å². The second kappa shape index (κ2) is 11.0. The third-order valence-corrected chi connectivity index (χ3v) is 8.24. The first-order valence-corrected chi connectivity index (χ1v) is 14.3. The number of aryl methyl sites for hydroxylation is 1. The highest BCUT2D eigenvalue weighted by atomic mass is 32.2. The van der Waals surface area contributed by atoms with E-state index in [9.17, 15) is 18.0 Å². The molecular formula is C30H23N3O4S2. The average molecular weight is 554 g/mol. The lowest BCUT2D eigenvalue weighted by Gasteiger charge is -2.12. The minimum atomic E-state index is -3.93. The molecule has 0 bridgehead atoms. The normalized spacial score (nSPS) is 11.1. The molecule has 1 heterocycles. The molecular weight excluding hydrogens is 530 g/mol. The molecule has 39 heavy (non-hydrogen) atoms. The first-order valence-electron chi connectivity index (χ1n) is 12.0. The van der Waals surface area contributed by atoms with Gasteiger partial charge in [0.15, 0.2) is 5.13 Å². The van der Waals surface area contributed by atoms with Crippen LogP contribution in [0.4, 0.5) is 10.8 Å². The highest BCUT2D eigenvalue weighted by Crippen LogP contribution is 2.33. The molecule has 1 amide bonds. The first kappa shape index (κ1) is 26.0. The van der Waals surface area contributed by atoms with Gasteiger partial charge in [0.1, 0.15) is 4.88 Å². The third-order valence-electron chi connectivity index (χ3n) is 5.88. The van der Waals surface area contributed by atoms with Crippen molar-refractivity contribution in [2.75, 3.05) is 10.0 Å². The Bertz CT molecular complexity index is 1750. The van der Waals surface area contributed by atoms with Crippen LogP contribution in [0.25, 0.3) is 11.3 Å². The molecule has 0 aliphatic rings. The van der Waals surface area contributed by atoms with Crippen LogP contribution >= 0.6 is 11.3 Å². The zero-order valence-corrected chi connectivity index (χ0v) is 22.4. The van der Waals surface area contributed by atoms with Gasteiger partial charge in [-0.2, -0.15) is 0 Å². The van der Waals surface area contributed by atoms with Crippen LogP contribution < -0.4 is 10.0 Å². The number of para-hydroxylation sites is 1. The number of hydrogen-bond acceptors (Lipinski definition) is 6. The minimum absolute atomic E-state index is 0.0832. The van der Waals surface area contributed by atoms with Gasteiger partial charge >= 0.3 is 0 Å². The van der Waals surface area contributed by atoms with E-state index in [-0.39, 0.29) is 27.1 Å². The zero-order chi connectivity index (χ0) is 27.4. The summed E-state index contributed by atoms with van der Waals surface area (Å²) in [4.78, 5) is 31.7. The fraction of sp³-hybridized carbons (Fsp3) is 0.0333.